The molecule has 0 atom stereocenters. The molecule has 6 nitrogen and oxygen atoms in total. The van der Waals surface area contributed by atoms with Gasteiger partial charge >= 0.3 is 0 Å². The monoisotopic (exact) mass is 390 g/mol. The zero-order valence-corrected chi connectivity index (χ0v) is 16.7. The minimum Gasteiger partial charge on any atom is -0.381 e. The number of pyridine rings is 1. The van der Waals surface area contributed by atoms with E-state index in [4.69, 9.17) is 4.74 Å². The van der Waals surface area contributed by atoms with Gasteiger partial charge in [-0.25, -0.2) is 9.97 Å². The molecule has 1 aliphatic heterocycles. The van der Waals surface area contributed by atoms with Crippen molar-refractivity contribution in [2.45, 2.75) is 38.8 Å². The number of hydrogen-bond acceptors (Lipinski definition) is 5. The molecule has 1 saturated heterocycles. The minimum absolute atomic E-state index is 0.0211. The standard InChI is InChI=1S/C23H26N4O2/c1-17-2-4-18(5-3-17)7-12-27-13-8-19(16-22(27)28)21-6-11-24-23(26-21)25-20-9-14-29-15-10-20/h2-6,8,11,13,16,20H,7,9-10,12,14-15H2,1H3,(H,24,25,26). The molecule has 4 rings (SSSR count). The predicted molar refractivity (Wildman–Crippen MR) is 114 cm³/mol. The molecular weight excluding hydrogens is 364 g/mol. The van der Waals surface area contributed by atoms with Gasteiger partial charge in [0, 0.05) is 49.8 Å². The number of aromatic nitrogens is 3. The van der Waals surface area contributed by atoms with Gasteiger partial charge in [0.05, 0.1) is 5.69 Å². The summed E-state index contributed by atoms with van der Waals surface area (Å²) < 4.78 is 7.13. The summed E-state index contributed by atoms with van der Waals surface area (Å²) in [6.45, 7) is 4.25. The largest absolute Gasteiger partial charge is 0.381 e. The normalized spacial score (nSPS) is 14.7. The first-order valence-electron chi connectivity index (χ1n) is 10.1. The number of hydrogen-bond donors (Lipinski definition) is 1. The third-order valence-electron chi connectivity index (χ3n) is 5.26. The van der Waals surface area contributed by atoms with Crippen LogP contribution in [0.1, 0.15) is 24.0 Å². The van der Waals surface area contributed by atoms with Crippen LogP contribution < -0.4 is 10.9 Å². The summed E-state index contributed by atoms with van der Waals surface area (Å²) in [6.07, 6.45) is 6.30. The summed E-state index contributed by atoms with van der Waals surface area (Å²) >= 11 is 0. The van der Waals surface area contributed by atoms with Crippen LogP contribution in [0.2, 0.25) is 0 Å². The lowest BCUT2D eigenvalue weighted by Crippen LogP contribution is -2.28. The van der Waals surface area contributed by atoms with Crippen LogP contribution in [0.15, 0.2) is 59.7 Å². The Hall–Kier alpha value is -2.99. The molecule has 0 aliphatic carbocycles. The lowest BCUT2D eigenvalue weighted by molar-refractivity contribution is 0.0903. The maximum absolute atomic E-state index is 12.6. The maximum atomic E-state index is 12.6. The average Bonchev–Trinajstić information content (AvgIpc) is 2.75. The Morgan fingerprint density at radius 1 is 1.14 bits per heavy atom. The highest BCUT2D eigenvalue weighted by Crippen LogP contribution is 2.18. The van der Waals surface area contributed by atoms with Gasteiger partial charge < -0.3 is 14.6 Å². The molecule has 0 radical (unpaired) electrons. The van der Waals surface area contributed by atoms with Gasteiger partial charge in [0.2, 0.25) is 5.95 Å². The Balaban J connectivity index is 1.45. The molecule has 0 bridgehead atoms. The Kier molecular flexibility index (Phi) is 6.00. The Morgan fingerprint density at radius 3 is 2.69 bits per heavy atom. The topological polar surface area (TPSA) is 69.0 Å². The zero-order chi connectivity index (χ0) is 20.1. The van der Waals surface area contributed by atoms with Gasteiger partial charge in [0.15, 0.2) is 0 Å². The first-order chi connectivity index (χ1) is 14.2. The van der Waals surface area contributed by atoms with Crippen molar-refractivity contribution in [2.75, 3.05) is 18.5 Å². The summed E-state index contributed by atoms with van der Waals surface area (Å²) in [6, 6.07) is 14.2. The summed E-state index contributed by atoms with van der Waals surface area (Å²) in [5.74, 6) is 0.595. The van der Waals surface area contributed by atoms with Gasteiger partial charge in [-0.1, -0.05) is 29.8 Å². The zero-order valence-electron chi connectivity index (χ0n) is 16.7. The molecule has 3 heterocycles. The molecule has 3 aromatic rings. The van der Waals surface area contributed by atoms with E-state index in [1.165, 1.54) is 11.1 Å². The first kappa shape index (κ1) is 19.3. The quantitative estimate of drug-likeness (QED) is 0.698. The fraction of sp³-hybridized carbons (Fsp3) is 0.348. The number of benzene rings is 1. The molecule has 2 aromatic heterocycles. The Bertz CT molecular complexity index is 1010. The summed E-state index contributed by atoms with van der Waals surface area (Å²) in [5, 5.41) is 3.37. The molecule has 0 saturated carbocycles. The van der Waals surface area contributed by atoms with E-state index < -0.39 is 0 Å². The van der Waals surface area contributed by atoms with Crippen LogP contribution in [0.5, 0.6) is 0 Å². The van der Waals surface area contributed by atoms with E-state index in [-0.39, 0.29) is 5.56 Å². The number of ether oxygens (including phenoxy) is 1. The van der Waals surface area contributed by atoms with E-state index in [0.29, 0.717) is 18.5 Å². The van der Waals surface area contributed by atoms with Gasteiger partial charge in [-0.3, -0.25) is 4.79 Å². The van der Waals surface area contributed by atoms with Crippen LogP contribution >= 0.6 is 0 Å². The van der Waals surface area contributed by atoms with Crippen molar-refractivity contribution in [3.63, 3.8) is 0 Å². The predicted octanol–water partition coefficient (Wildman–Crippen LogP) is 3.45. The number of rotatable bonds is 6. The average molecular weight is 390 g/mol. The summed E-state index contributed by atoms with van der Waals surface area (Å²) in [4.78, 5) is 21.5. The van der Waals surface area contributed by atoms with Gasteiger partial charge in [-0.2, -0.15) is 0 Å². The van der Waals surface area contributed by atoms with Crippen molar-refractivity contribution < 1.29 is 4.74 Å². The maximum Gasteiger partial charge on any atom is 0.251 e. The van der Waals surface area contributed by atoms with Crippen LogP contribution in [-0.4, -0.2) is 33.8 Å². The van der Waals surface area contributed by atoms with Gasteiger partial charge in [-0.05, 0) is 43.9 Å². The van der Waals surface area contributed by atoms with Crippen LogP contribution in [0.3, 0.4) is 0 Å². The van der Waals surface area contributed by atoms with Crippen LogP contribution in [-0.2, 0) is 17.7 Å². The highest BCUT2D eigenvalue weighted by molar-refractivity contribution is 5.59. The summed E-state index contributed by atoms with van der Waals surface area (Å²) in [5.41, 5.74) is 4.00. The Labute approximate surface area is 170 Å². The molecule has 1 N–H and O–H groups in total. The highest BCUT2D eigenvalue weighted by Gasteiger charge is 2.15. The first-order valence-corrected chi connectivity index (χ1v) is 10.1. The van der Waals surface area contributed by atoms with E-state index >= 15 is 0 Å². The molecule has 6 heteroatoms. The smallest absolute Gasteiger partial charge is 0.251 e. The molecule has 1 aromatic carbocycles. The highest BCUT2D eigenvalue weighted by atomic mass is 16.5. The second kappa shape index (κ2) is 9.01. The van der Waals surface area contributed by atoms with Gasteiger partial charge in [0.1, 0.15) is 0 Å². The molecule has 0 unspecified atom stereocenters. The van der Waals surface area contributed by atoms with E-state index in [1.807, 2.05) is 18.3 Å². The molecular formula is C23H26N4O2. The van der Waals surface area contributed by atoms with E-state index in [2.05, 4.69) is 46.5 Å². The number of aryl methyl sites for hydroxylation is 3. The second-order valence-electron chi connectivity index (χ2n) is 7.48. The number of nitrogens with zero attached hydrogens (tertiary/aromatic N) is 3. The molecule has 150 valence electrons. The lowest BCUT2D eigenvalue weighted by Gasteiger charge is -2.23. The van der Waals surface area contributed by atoms with Crippen LogP contribution in [0.4, 0.5) is 5.95 Å². The van der Waals surface area contributed by atoms with Crippen molar-refractivity contribution >= 4 is 5.95 Å². The number of anilines is 1. The fourth-order valence-corrected chi connectivity index (χ4v) is 3.47. The van der Waals surface area contributed by atoms with Gasteiger partial charge in [0.25, 0.3) is 5.56 Å². The van der Waals surface area contributed by atoms with Crippen molar-refractivity contribution in [3.8, 4) is 11.3 Å². The van der Waals surface area contributed by atoms with Crippen molar-refractivity contribution in [1.29, 1.82) is 0 Å². The minimum atomic E-state index is -0.0211. The van der Waals surface area contributed by atoms with E-state index in [1.54, 1.807) is 16.8 Å². The molecule has 29 heavy (non-hydrogen) atoms. The lowest BCUT2D eigenvalue weighted by atomic mass is 10.1. The third-order valence-corrected chi connectivity index (χ3v) is 5.26. The van der Waals surface area contributed by atoms with Crippen molar-refractivity contribution in [1.82, 2.24) is 14.5 Å². The van der Waals surface area contributed by atoms with Gasteiger partial charge in [-0.15, -0.1) is 0 Å². The fourth-order valence-electron chi connectivity index (χ4n) is 3.47. The summed E-state index contributed by atoms with van der Waals surface area (Å²) in [7, 11) is 0. The molecule has 1 aliphatic rings. The van der Waals surface area contributed by atoms with E-state index in [9.17, 15) is 4.79 Å². The van der Waals surface area contributed by atoms with Crippen molar-refractivity contribution in [3.05, 3.63) is 76.3 Å². The molecule has 1 fully saturated rings. The van der Waals surface area contributed by atoms with Crippen LogP contribution in [0, 0.1) is 6.92 Å². The molecule has 0 spiro atoms. The SMILES string of the molecule is Cc1ccc(CCn2ccc(-c3ccnc(NC4CCOCC4)n3)cc2=O)cc1. The Morgan fingerprint density at radius 2 is 1.93 bits per heavy atom. The van der Waals surface area contributed by atoms with E-state index in [0.717, 1.165) is 43.7 Å². The van der Waals surface area contributed by atoms with Crippen LogP contribution in [0.25, 0.3) is 11.3 Å². The molecule has 0 amide bonds. The van der Waals surface area contributed by atoms with Crippen molar-refractivity contribution in [2.24, 2.45) is 0 Å². The second-order valence-corrected chi connectivity index (χ2v) is 7.48. The number of nitrogens with one attached hydrogen (secondary N) is 1. The third kappa shape index (κ3) is 5.09.